The van der Waals surface area contributed by atoms with Crippen LogP contribution in [0.2, 0.25) is 0 Å². The highest BCUT2D eigenvalue weighted by molar-refractivity contribution is 5.69. The van der Waals surface area contributed by atoms with Crippen molar-refractivity contribution in [2.45, 2.75) is 123 Å². The van der Waals surface area contributed by atoms with Crippen LogP contribution in [0, 0.1) is 11.8 Å². The minimum Gasteiger partial charge on any atom is -0.469 e. The smallest absolute Gasteiger partial charge is 0.305 e. The molecule has 1 fully saturated rings. The number of unbranched alkanes of at least 4 members (excludes halogenated alkanes) is 5. The summed E-state index contributed by atoms with van der Waals surface area (Å²) in [5, 5.41) is 0. The predicted octanol–water partition coefficient (Wildman–Crippen LogP) is 6.86. The van der Waals surface area contributed by atoms with Gasteiger partial charge in [0.05, 0.1) is 7.11 Å². The van der Waals surface area contributed by atoms with E-state index in [0.29, 0.717) is 25.2 Å². The summed E-state index contributed by atoms with van der Waals surface area (Å²) in [7, 11) is 1.39. The third kappa shape index (κ3) is 14.8. The molecule has 1 saturated carbocycles. The van der Waals surface area contributed by atoms with Crippen LogP contribution in [0.3, 0.4) is 0 Å². The number of rotatable bonds is 17. The Labute approximate surface area is 212 Å². The van der Waals surface area contributed by atoms with Crippen molar-refractivity contribution in [3.63, 3.8) is 0 Å². The lowest BCUT2D eigenvalue weighted by Gasteiger charge is -2.35. The fourth-order valence-electron chi connectivity index (χ4n) is 4.94. The topological polar surface area (TPSA) is 78.9 Å². The molecule has 4 unspecified atom stereocenters. The second-order valence-electron chi connectivity index (χ2n) is 9.70. The molecule has 0 spiro atoms. The molecule has 0 aromatic heterocycles. The molecule has 1 rings (SSSR count). The molecule has 1 aliphatic rings. The Bertz CT molecular complexity index is 668. The minimum atomic E-state index is -0.278. The number of ether oxygens (including phenoxy) is 3. The largest absolute Gasteiger partial charge is 0.469 e. The van der Waals surface area contributed by atoms with E-state index in [0.717, 1.165) is 38.5 Å². The first kappa shape index (κ1) is 30.9. The lowest BCUT2D eigenvalue weighted by Crippen LogP contribution is -2.33. The fraction of sp³-hybridized carbons (Fsp3) is 0.759. The molecule has 0 aliphatic heterocycles. The van der Waals surface area contributed by atoms with E-state index in [1.54, 1.807) is 0 Å². The summed E-state index contributed by atoms with van der Waals surface area (Å²) in [6, 6.07) is 0. The quantitative estimate of drug-likeness (QED) is 0.0955. The van der Waals surface area contributed by atoms with Gasteiger partial charge in [-0.3, -0.25) is 14.4 Å². The van der Waals surface area contributed by atoms with Crippen LogP contribution in [-0.2, 0) is 28.6 Å². The van der Waals surface area contributed by atoms with Gasteiger partial charge in [0.2, 0.25) is 0 Å². The van der Waals surface area contributed by atoms with E-state index >= 15 is 0 Å². The van der Waals surface area contributed by atoms with Crippen molar-refractivity contribution < 1.29 is 28.6 Å². The molecule has 6 heteroatoms. The van der Waals surface area contributed by atoms with Gasteiger partial charge in [-0.1, -0.05) is 70.1 Å². The Hall–Kier alpha value is -2.11. The van der Waals surface area contributed by atoms with Crippen LogP contribution in [0.25, 0.3) is 0 Å². The number of allylic oxidation sites excluding steroid dienone is 3. The monoisotopic (exact) mass is 492 g/mol. The Morgan fingerprint density at radius 1 is 0.857 bits per heavy atom. The molecule has 1 aliphatic carbocycles. The Balaban J connectivity index is 2.70. The molecule has 4 atom stereocenters. The number of esters is 3. The normalized spacial score (nSPS) is 20.0. The van der Waals surface area contributed by atoms with Gasteiger partial charge in [-0.25, -0.2) is 0 Å². The average molecular weight is 493 g/mol. The highest BCUT2D eigenvalue weighted by Crippen LogP contribution is 2.36. The molecular weight excluding hydrogens is 444 g/mol. The van der Waals surface area contributed by atoms with Crippen molar-refractivity contribution in [2.24, 2.45) is 11.8 Å². The Morgan fingerprint density at radius 2 is 1.54 bits per heavy atom. The number of carbonyl (C=O) groups excluding carboxylic acids is 3. The Kier molecular flexibility index (Phi) is 16.9. The molecule has 6 nitrogen and oxygen atoms in total. The van der Waals surface area contributed by atoms with E-state index < -0.39 is 0 Å². The molecule has 0 aromatic rings. The Morgan fingerprint density at radius 3 is 2.23 bits per heavy atom. The predicted molar refractivity (Wildman–Crippen MR) is 139 cm³/mol. The van der Waals surface area contributed by atoms with Crippen molar-refractivity contribution in [2.75, 3.05) is 7.11 Å². The van der Waals surface area contributed by atoms with Crippen molar-refractivity contribution in [1.82, 2.24) is 0 Å². The van der Waals surface area contributed by atoms with E-state index in [4.69, 9.17) is 14.2 Å². The summed E-state index contributed by atoms with van der Waals surface area (Å²) < 4.78 is 15.9. The second-order valence-corrected chi connectivity index (χ2v) is 9.70. The van der Waals surface area contributed by atoms with Gasteiger partial charge in [0.1, 0.15) is 12.2 Å². The van der Waals surface area contributed by atoms with Crippen LogP contribution in [0.15, 0.2) is 24.3 Å². The summed E-state index contributed by atoms with van der Waals surface area (Å²) in [4.78, 5) is 34.8. The summed E-state index contributed by atoms with van der Waals surface area (Å²) in [5.74, 6) is -0.220. The molecule has 0 amide bonds. The zero-order valence-electron chi connectivity index (χ0n) is 22.5. The first-order chi connectivity index (χ1) is 16.9. The zero-order valence-corrected chi connectivity index (χ0v) is 22.5. The van der Waals surface area contributed by atoms with E-state index in [2.05, 4.69) is 13.0 Å². The molecule has 35 heavy (non-hydrogen) atoms. The van der Waals surface area contributed by atoms with Crippen molar-refractivity contribution in [1.29, 1.82) is 0 Å². The van der Waals surface area contributed by atoms with E-state index in [1.807, 2.05) is 18.2 Å². The number of hydrogen-bond donors (Lipinski definition) is 0. The molecule has 0 N–H and O–H groups in total. The van der Waals surface area contributed by atoms with Crippen LogP contribution in [0.1, 0.15) is 111 Å². The summed E-state index contributed by atoms with van der Waals surface area (Å²) in [6.07, 6.45) is 21.8. The maximum Gasteiger partial charge on any atom is 0.305 e. The third-order valence-corrected chi connectivity index (χ3v) is 6.72. The summed E-state index contributed by atoms with van der Waals surface area (Å²) >= 11 is 0. The van der Waals surface area contributed by atoms with Crippen LogP contribution in [-0.4, -0.2) is 37.2 Å². The van der Waals surface area contributed by atoms with Crippen LogP contribution >= 0.6 is 0 Å². The van der Waals surface area contributed by atoms with Gasteiger partial charge < -0.3 is 14.2 Å². The lowest BCUT2D eigenvalue weighted by atomic mass is 9.75. The fourth-order valence-corrected chi connectivity index (χ4v) is 4.94. The first-order valence-corrected chi connectivity index (χ1v) is 13.6. The van der Waals surface area contributed by atoms with Crippen LogP contribution < -0.4 is 0 Å². The third-order valence-electron chi connectivity index (χ3n) is 6.72. The average Bonchev–Trinajstić information content (AvgIpc) is 2.82. The number of hydrogen-bond acceptors (Lipinski definition) is 6. The van der Waals surface area contributed by atoms with E-state index in [-0.39, 0.29) is 36.0 Å². The minimum absolute atomic E-state index is 0.197. The van der Waals surface area contributed by atoms with E-state index in [1.165, 1.54) is 53.1 Å². The highest BCUT2D eigenvalue weighted by Gasteiger charge is 2.32. The second kappa shape index (κ2) is 19.1. The highest BCUT2D eigenvalue weighted by atomic mass is 16.5. The van der Waals surface area contributed by atoms with Gasteiger partial charge in [0.15, 0.2) is 0 Å². The van der Waals surface area contributed by atoms with Crippen LogP contribution in [0.5, 0.6) is 0 Å². The summed E-state index contributed by atoms with van der Waals surface area (Å²) in [5.41, 5.74) is 0. The van der Waals surface area contributed by atoms with E-state index in [9.17, 15) is 14.4 Å². The van der Waals surface area contributed by atoms with Crippen molar-refractivity contribution in [3.05, 3.63) is 24.3 Å². The molecule has 200 valence electrons. The molecule has 0 saturated heterocycles. The molecular formula is C29H48O6. The lowest BCUT2D eigenvalue weighted by molar-refractivity contribution is -0.151. The molecule has 0 bridgehead atoms. The van der Waals surface area contributed by atoms with Gasteiger partial charge in [0.25, 0.3) is 0 Å². The van der Waals surface area contributed by atoms with Crippen molar-refractivity contribution in [3.8, 4) is 0 Å². The number of carbonyl (C=O) groups is 3. The first-order valence-electron chi connectivity index (χ1n) is 13.6. The number of methoxy groups -OCH3 is 1. The summed E-state index contributed by atoms with van der Waals surface area (Å²) in [6.45, 7) is 5.12. The SMILES string of the molecule is CCCCCCCCC(C=CC=CC1CCCCC1C(CCCC(=O)OC)OC(C)=O)OC(C)=O. The molecule has 0 aromatic carbocycles. The standard InChI is InChI=1S/C29H48O6/c1-5-6-7-8-9-10-18-26(34-23(2)30)19-13-11-16-25-17-12-14-20-27(25)28(35-24(3)31)21-15-22-29(32)33-4/h11,13,16,19,25-28H,5-10,12,14-15,17-18,20-22H2,1-4H3. The zero-order chi connectivity index (χ0) is 25.9. The van der Waals surface area contributed by atoms with Gasteiger partial charge in [-0.05, 0) is 50.5 Å². The van der Waals surface area contributed by atoms with Gasteiger partial charge >= 0.3 is 17.9 Å². The van der Waals surface area contributed by atoms with Crippen LogP contribution in [0.4, 0.5) is 0 Å². The van der Waals surface area contributed by atoms with Crippen molar-refractivity contribution >= 4 is 17.9 Å². The van der Waals surface area contributed by atoms with Gasteiger partial charge in [-0.15, -0.1) is 0 Å². The van der Waals surface area contributed by atoms with Gasteiger partial charge in [0, 0.05) is 26.2 Å². The molecule has 0 radical (unpaired) electrons. The maximum atomic E-state index is 11.8. The van der Waals surface area contributed by atoms with Gasteiger partial charge in [-0.2, -0.15) is 0 Å². The maximum absolute atomic E-state index is 11.8. The molecule has 0 heterocycles.